The molecule has 0 radical (unpaired) electrons. The molecule has 0 aliphatic heterocycles. The van der Waals surface area contributed by atoms with E-state index in [0.717, 1.165) is 27.6 Å². The van der Waals surface area contributed by atoms with Crippen LogP contribution in [0.5, 0.6) is 0 Å². The standard InChI is InChI=1S/C13H11N5OS/c1-8-10(9(2)19-16-8)7-18-13(11(6-14)15-17-18)12-4-3-5-20-12/h3-5H,7H2,1-2H3. The highest BCUT2D eigenvalue weighted by Gasteiger charge is 2.18. The normalized spacial score (nSPS) is 10.7. The third-order valence-corrected chi connectivity index (χ3v) is 3.96. The average molecular weight is 285 g/mol. The molecule has 0 bridgehead atoms. The van der Waals surface area contributed by atoms with Crippen molar-refractivity contribution in [1.82, 2.24) is 20.2 Å². The molecule has 0 aliphatic carbocycles. The van der Waals surface area contributed by atoms with E-state index in [1.807, 2.05) is 31.4 Å². The summed E-state index contributed by atoms with van der Waals surface area (Å²) in [5, 5.41) is 23.1. The van der Waals surface area contributed by atoms with Gasteiger partial charge in [0.1, 0.15) is 17.5 Å². The summed E-state index contributed by atoms with van der Waals surface area (Å²) in [5.74, 6) is 0.758. The topological polar surface area (TPSA) is 80.5 Å². The fourth-order valence-corrected chi connectivity index (χ4v) is 2.81. The highest BCUT2D eigenvalue weighted by molar-refractivity contribution is 7.13. The Morgan fingerprint density at radius 3 is 2.90 bits per heavy atom. The monoisotopic (exact) mass is 285 g/mol. The number of thiophene rings is 1. The van der Waals surface area contributed by atoms with Crippen LogP contribution in [-0.4, -0.2) is 20.2 Å². The van der Waals surface area contributed by atoms with Crippen LogP contribution in [0, 0.1) is 25.2 Å². The number of nitrogens with zero attached hydrogens (tertiary/aromatic N) is 5. The van der Waals surface area contributed by atoms with Crippen molar-refractivity contribution in [2.45, 2.75) is 20.4 Å². The van der Waals surface area contributed by atoms with Gasteiger partial charge in [-0.3, -0.25) is 0 Å². The van der Waals surface area contributed by atoms with E-state index < -0.39 is 0 Å². The first kappa shape index (κ1) is 12.6. The third-order valence-electron chi connectivity index (χ3n) is 3.08. The van der Waals surface area contributed by atoms with E-state index in [-0.39, 0.29) is 0 Å². The van der Waals surface area contributed by atoms with E-state index in [4.69, 9.17) is 4.52 Å². The summed E-state index contributed by atoms with van der Waals surface area (Å²) < 4.78 is 6.88. The van der Waals surface area contributed by atoms with Gasteiger partial charge in [-0.15, -0.1) is 16.4 Å². The quantitative estimate of drug-likeness (QED) is 0.738. The smallest absolute Gasteiger partial charge is 0.191 e. The molecule has 3 heterocycles. The number of nitriles is 1. The third kappa shape index (κ3) is 2.00. The first-order chi connectivity index (χ1) is 9.70. The van der Waals surface area contributed by atoms with E-state index in [1.165, 1.54) is 0 Å². The minimum Gasteiger partial charge on any atom is -0.361 e. The zero-order chi connectivity index (χ0) is 14.1. The van der Waals surface area contributed by atoms with Gasteiger partial charge in [-0.2, -0.15) is 5.26 Å². The molecule has 0 N–H and O–H groups in total. The van der Waals surface area contributed by atoms with Gasteiger partial charge < -0.3 is 4.52 Å². The number of rotatable bonds is 3. The Morgan fingerprint density at radius 2 is 2.30 bits per heavy atom. The molecule has 0 amide bonds. The Labute approximate surface area is 119 Å². The predicted molar refractivity (Wildman–Crippen MR) is 73.1 cm³/mol. The van der Waals surface area contributed by atoms with Crippen LogP contribution >= 0.6 is 11.3 Å². The van der Waals surface area contributed by atoms with Gasteiger partial charge in [0.25, 0.3) is 0 Å². The average Bonchev–Trinajstić information content (AvgIpc) is 3.14. The summed E-state index contributed by atoms with van der Waals surface area (Å²) in [5.41, 5.74) is 2.87. The molecule has 0 spiro atoms. The van der Waals surface area contributed by atoms with Gasteiger partial charge in [-0.05, 0) is 25.3 Å². The summed E-state index contributed by atoms with van der Waals surface area (Å²) in [4.78, 5) is 0.971. The fraction of sp³-hybridized carbons (Fsp3) is 0.231. The second kappa shape index (κ2) is 4.90. The molecule has 0 aliphatic rings. The Balaban J connectivity index is 2.08. The summed E-state index contributed by atoms with van der Waals surface area (Å²) >= 11 is 1.55. The largest absolute Gasteiger partial charge is 0.361 e. The molecule has 0 atom stereocenters. The first-order valence-corrected chi connectivity index (χ1v) is 6.88. The van der Waals surface area contributed by atoms with E-state index in [0.29, 0.717) is 12.2 Å². The van der Waals surface area contributed by atoms with Crippen LogP contribution in [0.2, 0.25) is 0 Å². The van der Waals surface area contributed by atoms with Gasteiger partial charge in [-0.25, -0.2) is 4.68 Å². The summed E-state index contributed by atoms with van der Waals surface area (Å²) in [6, 6.07) is 5.98. The molecule has 3 rings (SSSR count). The highest BCUT2D eigenvalue weighted by Crippen LogP contribution is 2.27. The van der Waals surface area contributed by atoms with Gasteiger partial charge in [0, 0.05) is 5.56 Å². The number of hydrogen-bond acceptors (Lipinski definition) is 6. The maximum absolute atomic E-state index is 9.17. The molecule has 3 aromatic heterocycles. The Hall–Kier alpha value is -2.46. The number of aromatic nitrogens is 4. The van der Waals surface area contributed by atoms with Gasteiger partial charge in [0.2, 0.25) is 0 Å². The second-order valence-electron chi connectivity index (χ2n) is 4.34. The molecule has 0 saturated carbocycles. The van der Waals surface area contributed by atoms with Crippen molar-refractivity contribution in [2.24, 2.45) is 0 Å². The van der Waals surface area contributed by atoms with E-state index >= 15 is 0 Å². The Morgan fingerprint density at radius 1 is 1.45 bits per heavy atom. The van der Waals surface area contributed by atoms with Crippen LogP contribution in [0.3, 0.4) is 0 Å². The van der Waals surface area contributed by atoms with Gasteiger partial charge in [-0.1, -0.05) is 16.4 Å². The van der Waals surface area contributed by atoms with Crippen molar-refractivity contribution < 1.29 is 4.52 Å². The molecule has 0 unspecified atom stereocenters. The summed E-state index contributed by atoms with van der Waals surface area (Å²) in [6.07, 6.45) is 0. The lowest BCUT2D eigenvalue weighted by molar-refractivity contribution is 0.391. The van der Waals surface area contributed by atoms with Gasteiger partial charge >= 0.3 is 0 Å². The lowest BCUT2D eigenvalue weighted by Gasteiger charge is -2.04. The van der Waals surface area contributed by atoms with Crippen molar-refractivity contribution in [3.63, 3.8) is 0 Å². The summed E-state index contributed by atoms with van der Waals surface area (Å²) in [6.45, 7) is 4.24. The highest BCUT2D eigenvalue weighted by atomic mass is 32.1. The molecule has 3 aromatic rings. The molecular weight excluding hydrogens is 274 g/mol. The van der Waals surface area contributed by atoms with Crippen LogP contribution < -0.4 is 0 Å². The van der Waals surface area contributed by atoms with Crippen molar-refractivity contribution >= 4 is 11.3 Å². The Kier molecular flexibility index (Phi) is 3.08. The molecule has 0 saturated heterocycles. The van der Waals surface area contributed by atoms with Crippen LogP contribution in [-0.2, 0) is 6.54 Å². The molecule has 20 heavy (non-hydrogen) atoms. The molecule has 7 heteroatoms. The molecule has 0 fully saturated rings. The molecule has 0 aromatic carbocycles. The van der Waals surface area contributed by atoms with Crippen LogP contribution in [0.25, 0.3) is 10.6 Å². The van der Waals surface area contributed by atoms with Crippen molar-refractivity contribution in [2.75, 3.05) is 0 Å². The molecule has 6 nitrogen and oxygen atoms in total. The Bertz CT molecular complexity index is 759. The van der Waals surface area contributed by atoms with Gasteiger partial charge in [0.05, 0.1) is 17.1 Å². The van der Waals surface area contributed by atoms with Crippen LogP contribution in [0.4, 0.5) is 0 Å². The minimum atomic E-state index is 0.333. The zero-order valence-electron chi connectivity index (χ0n) is 11.0. The second-order valence-corrected chi connectivity index (χ2v) is 5.28. The SMILES string of the molecule is Cc1noc(C)c1Cn1nnc(C#N)c1-c1cccs1. The predicted octanol–water partition coefficient (Wildman–Crippen LogP) is 2.53. The van der Waals surface area contributed by atoms with E-state index in [1.54, 1.807) is 16.0 Å². The van der Waals surface area contributed by atoms with Gasteiger partial charge in [0.15, 0.2) is 5.69 Å². The molecule has 100 valence electrons. The van der Waals surface area contributed by atoms with E-state index in [2.05, 4.69) is 21.5 Å². The minimum absolute atomic E-state index is 0.333. The van der Waals surface area contributed by atoms with Crippen molar-refractivity contribution in [1.29, 1.82) is 5.26 Å². The lowest BCUT2D eigenvalue weighted by atomic mass is 10.2. The number of hydrogen-bond donors (Lipinski definition) is 0. The first-order valence-electron chi connectivity index (χ1n) is 6.00. The fourth-order valence-electron chi connectivity index (χ4n) is 2.03. The van der Waals surface area contributed by atoms with E-state index in [9.17, 15) is 5.26 Å². The zero-order valence-corrected chi connectivity index (χ0v) is 11.8. The van der Waals surface area contributed by atoms with Crippen molar-refractivity contribution in [3.05, 3.63) is 40.2 Å². The number of aryl methyl sites for hydroxylation is 2. The summed E-state index contributed by atoms with van der Waals surface area (Å²) in [7, 11) is 0. The van der Waals surface area contributed by atoms with Crippen LogP contribution in [0.1, 0.15) is 22.7 Å². The molecular formula is C13H11N5OS. The maximum atomic E-state index is 9.17. The lowest BCUT2D eigenvalue weighted by Crippen LogP contribution is -2.05. The van der Waals surface area contributed by atoms with Crippen molar-refractivity contribution in [3.8, 4) is 16.6 Å². The maximum Gasteiger partial charge on any atom is 0.191 e. The van der Waals surface area contributed by atoms with Crippen LogP contribution in [0.15, 0.2) is 22.0 Å².